The van der Waals surface area contributed by atoms with Gasteiger partial charge in [0.2, 0.25) is 0 Å². The van der Waals surface area contributed by atoms with Gasteiger partial charge in [0.25, 0.3) is 0 Å². The highest BCUT2D eigenvalue weighted by atomic mass is 35.5. The zero-order chi connectivity index (χ0) is 10.4. The third-order valence-electron chi connectivity index (χ3n) is 2.09. The maximum absolute atomic E-state index is 9.29. The summed E-state index contributed by atoms with van der Waals surface area (Å²) in [6.07, 6.45) is 0.850. The second-order valence-corrected chi connectivity index (χ2v) is 3.80. The highest BCUT2D eigenvalue weighted by molar-refractivity contribution is 6.18. The Morgan fingerprint density at radius 2 is 1.93 bits per heavy atom. The van der Waals surface area contributed by atoms with Crippen LogP contribution in [0.3, 0.4) is 0 Å². The quantitative estimate of drug-likeness (QED) is 0.729. The van der Waals surface area contributed by atoms with Gasteiger partial charge in [-0.15, -0.1) is 11.6 Å². The SMILES string of the molecule is NC(Cc1ccccc1)CC(O)CCl. The number of rotatable bonds is 5. The largest absolute Gasteiger partial charge is 0.392 e. The van der Waals surface area contributed by atoms with Gasteiger partial charge in [-0.2, -0.15) is 0 Å². The number of aliphatic hydroxyl groups excluding tert-OH is 1. The molecule has 14 heavy (non-hydrogen) atoms. The molecule has 1 aromatic carbocycles. The van der Waals surface area contributed by atoms with Crippen LogP contribution in [0.25, 0.3) is 0 Å². The topological polar surface area (TPSA) is 46.2 Å². The zero-order valence-electron chi connectivity index (χ0n) is 8.07. The summed E-state index contributed by atoms with van der Waals surface area (Å²) in [5.41, 5.74) is 7.06. The van der Waals surface area contributed by atoms with E-state index >= 15 is 0 Å². The molecule has 2 atom stereocenters. The third-order valence-corrected chi connectivity index (χ3v) is 2.45. The molecule has 0 saturated carbocycles. The minimum Gasteiger partial charge on any atom is -0.392 e. The average Bonchev–Trinajstić information content (AvgIpc) is 2.19. The fourth-order valence-electron chi connectivity index (χ4n) is 1.41. The van der Waals surface area contributed by atoms with Gasteiger partial charge in [0, 0.05) is 11.9 Å². The summed E-state index contributed by atoms with van der Waals surface area (Å²) in [5.74, 6) is 0.252. The van der Waals surface area contributed by atoms with Crippen molar-refractivity contribution in [1.29, 1.82) is 0 Å². The molecule has 0 aliphatic carbocycles. The van der Waals surface area contributed by atoms with Gasteiger partial charge in [0.1, 0.15) is 0 Å². The fraction of sp³-hybridized carbons (Fsp3) is 0.455. The lowest BCUT2D eigenvalue weighted by Gasteiger charge is -2.14. The van der Waals surface area contributed by atoms with Crippen molar-refractivity contribution in [3.63, 3.8) is 0 Å². The Morgan fingerprint density at radius 3 is 2.50 bits per heavy atom. The van der Waals surface area contributed by atoms with Gasteiger partial charge in [0.15, 0.2) is 0 Å². The minimum absolute atomic E-state index is 0.0221. The van der Waals surface area contributed by atoms with Crippen LogP contribution in [0.2, 0.25) is 0 Å². The summed E-state index contributed by atoms with van der Waals surface area (Å²) in [7, 11) is 0. The number of hydrogen-bond acceptors (Lipinski definition) is 2. The van der Waals surface area contributed by atoms with Crippen molar-refractivity contribution in [3.8, 4) is 0 Å². The summed E-state index contributed by atoms with van der Waals surface area (Å²) < 4.78 is 0. The highest BCUT2D eigenvalue weighted by Crippen LogP contribution is 2.06. The molecule has 0 saturated heterocycles. The summed E-state index contributed by atoms with van der Waals surface area (Å²) in [6, 6.07) is 9.99. The van der Waals surface area contributed by atoms with E-state index in [1.807, 2.05) is 30.3 Å². The molecule has 0 aromatic heterocycles. The van der Waals surface area contributed by atoms with E-state index in [2.05, 4.69) is 0 Å². The van der Waals surface area contributed by atoms with Crippen LogP contribution < -0.4 is 5.73 Å². The zero-order valence-corrected chi connectivity index (χ0v) is 8.82. The second-order valence-electron chi connectivity index (χ2n) is 3.49. The van der Waals surface area contributed by atoms with E-state index < -0.39 is 6.10 Å². The molecule has 0 amide bonds. The first-order chi connectivity index (χ1) is 6.72. The van der Waals surface area contributed by atoms with E-state index in [4.69, 9.17) is 17.3 Å². The molecule has 2 unspecified atom stereocenters. The van der Waals surface area contributed by atoms with Crippen LogP contribution in [0.1, 0.15) is 12.0 Å². The minimum atomic E-state index is -0.490. The Kier molecular flexibility index (Phi) is 4.94. The Morgan fingerprint density at radius 1 is 1.29 bits per heavy atom. The van der Waals surface area contributed by atoms with Crippen molar-refractivity contribution in [2.75, 3.05) is 5.88 Å². The highest BCUT2D eigenvalue weighted by Gasteiger charge is 2.09. The molecule has 0 aliphatic rings. The van der Waals surface area contributed by atoms with Crippen molar-refractivity contribution in [2.24, 2.45) is 5.73 Å². The van der Waals surface area contributed by atoms with Crippen LogP contribution in [-0.2, 0) is 6.42 Å². The predicted octanol–water partition coefficient (Wildman–Crippen LogP) is 1.55. The number of alkyl halides is 1. The molecule has 78 valence electrons. The Hall–Kier alpha value is -0.570. The normalized spacial score (nSPS) is 15.1. The van der Waals surface area contributed by atoms with Gasteiger partial charge >= 0.3 is 0 Å². The van der Waals surface area contributed by atoms with Crippen LogP contribution in [0, 0.1) is 0 Å². The Labute approximate surface area is 89.7 Å². The molecule has 0 heterocycles. The van der Waals surface area contributed by atoms with Crippen molar-refractivity contribution in [3.05, 3.63) is 35.9 Å². The molecule has 1 rings (SSSR count). The summed E-state index contributed by atoms with van der Waals surface area (Å²) >= 11 is 5.49. The van der Waals surface area contributed by atoms with E-state index in [0.29, 0.717) is 6.42 Å². The van der Waals surface area contributed by atoms with Crippen LogP contribution in [-0.4, -0.2) is 23.1 Å². The number of aliphatic hydroxyl groups is 1. The molecule has 1 aromatic rings. The first-order valence-electron chi connectivity index (χ1n) is 4.76. The molecule has 2 nitrogen and oxygen atoms in total. The van der Waals surface area contributed by atoms with Crippen molar-refractivity contribution in [1.82, 2.24) is 0 Å². The number of benzene rings is 1. The molecule has 3 N–H and O–H groups in total. The van der Waals surface area contributed by atoms with Gasteiger partial charge in [-0.3, -0.25) is 0 Å². The molecular formula is C11H16ClNO. The summed E-state index contributed by atoms with van der Waals surface area (Å²) in [4.78, 5) is 0. The van der Waals surface area contributed by atoms with E-state index in [1.54, 1.807) is 0 Å². The summed E-state index contributed by atoms with van der Waals surface area (Å²) in [5, 5.41) is 9.29. The van der Waals surface area contributed by atoms with Crippen molar-refractivity contribution >= 4 is 11.6 Å². The van der Waals surface area contributed by atoms with Gasteiger partial charge in [-0.1, -0.05) is 30.3 Å². The molecule has 0 bridgehead atoms. The maximum Gasteiger partial charge on any atom is 0.0690 e. The van der Waals surface area contributed by atoms with E-state index in [1.165, 1.54) is 5.56 Å². The molecule has 3 heteroatoms. The standard InChI is InChI=1S/C11H16ClNO/c12-8-11(14)7-10(13)6-9-4-2-1-3-5-9/h1-5,10-11,14H,6-8,13H2. The lowest BCUT2D eigenvalue weighted by atomic mass is 10.0. The van der Waals surface area contributed by atoms with Crippen LogP contribution >= 0.6 is 11.6 Å². The number of hydrogen-bond donors (Lipinski definition) is 2. The number of nitrogens with two attached hydrogens (primary N) is 1. The van der Waals surface area contributed by atoms with Gasteiger partial charge in [0.05, 0.1) is 6.10 Å². The smallest absolute Gasteiger partial charge is 0.0690 e. The Bertz CT molecular complexity index is 253. The average molecular weight is 214 g/mol. The molecule has 0 fully saturated rings. The maximum atomic E-state index is 9.29. The molecule has 0 aliphatic heterocycles. The monoisotopic (exact) mass is 213 g/mol. The predicted molar refractivity (Wildman–Crippen MR) is 59.5 cm³/mol. The number of halogens is 1. The van der Waals surface area contributed by atoms with Gasteiger partial charge in [-0.05, 0) is 18.4 Å². The van der Waals surface area contributed by atoms with E-state index in [-0.39, 0.29) is 11.9 Å². The van der Waals surface area contributed by atoms with Crippen LogP contribution in [0.15, 0.2) is 30.3 Å². The molecule has 0 spiro atoms. The first-order valence-corrected chi connectivity index (χ1v) is 5.29. The third kappa shape index (κ3) is 4.09. The van der Waals surface area contributed by atoms with E-state index in [9.17, 15) is 5.11 Å². The van der Waals surface area contributed by atoms with Gasteiger partial charge < -0.3 is 10.8 Å². The molecule has 0 radical (unpaired) electrons. The molecular weight excluding hydrogens is 198 g/mol. The summed E-state index contributed by atoms with van der Waals surface area (Å²) in [6.45, 7) is 0. The fourth-order valence-corrected chi connectivity index (χ4v) is 1.54. The van der Waals surface area contributed by atoms with Gasteiger partial charge in [-0.25, -0.2) is 0 Å². The Balaban J connectivity index is 2.37. The lowest BCUT2D eigenvalue weighted by Crippen LogP contribution is -2.29. The van der Waals surface area contributed by atoms with Crippen LogP contribution in [0.5, 0.6) is 0 Å². The lowest BCUT2D eigenvalue weighted by molar-refractivity contribution is 0.178. The van der Waals surface area contributed by atoms with Crippen LogP contribution in [0.4, 0.5) is 0 Å². The van der Waals surface area contributed by atoms with Crippen molar-refractivity contribution in [2.45, 2.75) is 25.0 Å². The van der Waals surface area contributed by atoms with E-state index in [0.717, 1.165) is 6.42 Å². The second kappa shape index (κ2) is 6.02. The van der Waals surface area contributed by atoms with Crippen molar-refractivity contribution < 1.29 is 5.11 Å². The first kappa shape index (κ1) is 11.5.